The van der Waals surface area contributed by atoms with Gasteiger partial charge >= 0.3 is 109 Å². The molecule has 0 aliphatic carbocycles. The van der Waals surface area contributed by atoms with Crippen molar-refractivity contribution in [1.29, 1.82) is 0 Å². The molecule has 1 atom stereocenters. The molecule has 0 aliphatic heterocycles. The van der Waals surface area contributed by atoms with Crippen LogP contribution in [0.15, 0.2) is 0 Å². The Hall–Kier alpha value is 0.500. The third-order valence-corrected chi connectivity index (χ3v) is 11.9. The first-order chi connectivity index (χ1) is 7.97. The van der Waals surface area contributed by atoms with Crippen LogP contribution in [0, 0.1) is 0 Å². The molecule has 106 valence electrons. The summed E-state index contributed by atoms with van der Waals surface area (Å²) < 4.78 is 26.2. The monoisotopic (exact) mass is 284 g/mol. The Labute approximate surface area is 109 Å². The van der Waals surface area contributed by atoms with Gasteiger partial charge in [-0.15, -0.1) is 0 Å². The Bertz CT molecular complexity index is 210. The molecule has 1 N–H and O–H groups in total. The van der Waals surface area contributed by atoms with Crippen molar-refractivity contribution in [2.75, 3.05) is 24.6 Å². The molecule has 0 spiro atoms. The summed E-state index contributed by atoms with van der Waals surface area (Å²) in [5.74, 6) is 0. The molecule has 0 saturated carbocycles. The zero-order valence-electron chi connectivity index (χ0n) is 11.8. The first-order valence-corrected chi connectivity index (χ1v) is 10.7. The third-order valence-electron chi connectivity index (χ3n) is 3.43. The van der Waals surface area contributed by atoms with Gasteiger partial charge in [-0.2, -0.15) is 0 Å². The van der Waals surface area contributed by atoms with Crippen molar-refractivity contribution in [3.8, 4) is 0 Å². The van der Waals surface area contributed by atoms with E-state index in [1.807, 2.05) is 0 Å². The summed E-state index contributed by atoms with van der Waals surface area (Å²) in [6.45, 7) is 6.14. The predicted octanol–water partition coefficient (Wildman–Crippen LogP) is 4.25. The fourth-order valence-electron chi connectivity index (χ4n) is 3.26. The van der Waals surface area contributed by atoms with E-state index in [4.69, 9.17) is 3.97 Å². The van der Waals surface area contributed by atoms with Crippen molar-refractivity contribution < 1.29 is 12.7 Å². The van der Waals surface area contributed by atoms with Crippen molar-refractivity contribution in [2.45, 2.75) is 53.4 Å². The molecule has 3 nitrogen and oxygen atoms in total. The van der Waals surface area contributed by atoms with Crippen LogP contribution in [0.3, 0.4) is 0 Å². The molecular formula is C12H29O3PS. The van der Waals surface area contributed by atoms with Gasteiger partial charge in [0.2, 0.25) is 0 Å². The fraction of sp³-hybridized carbons (Fsp3) is 1.00. The number of hydrogen-bond acceptors (Lipinski definition) is 2. The Morgan fingerprint density at radius 1 is 0.882 bits per heavy atom. The van der Waals surface area contributed by atoms with Crippen molar-refractivity contribution in [3.05, 3.63) is 0 Å². The van der Waals surface area contributed by atoms with Crippen LogP contribution in [0.25, 0.3) is 0 Å². The average molecular weight is 284 g/mol. The van der Waals surface area contributed by atoms with Gasteiger partial charge in [-0.25, -0.2) is 0 Å². The van der Waals surface area contributed by atoms with E-state index in [-0.39, 0.29) is 0 Å². The van der Waals surface area contributed by atoms with Crippen LogP contribution in [0.2, 0.25) is 0 Å². The summed E-state index contributed by atoms with van der Waals surface area (Å²) in [7, 11) is 0. The van der Waals surface area contributed by atoms with Crippen LogP contribution in [0.4, 0.5) is 0 Å². The molecular weight excluding hydrogens is 255 g/mol. The summed E-state index contributed by atoms with van der Waals surface area (Å²) in [4.78, 5) is 0. The fourth-order valence-corrected chi connectivity index (χ4v) is 11.8. The molecule has 0 aromatic heterocycles. The minimum absolute atomic E-state index is 0.993. The van der Waals surface area contributed by atoms with Crippen LogP contribution >= 0.6 is 6.83 Å². The van der Waals surface area contributed by atoms with E-state index < -0.39 is 18.2 Å². The molecule has 0 radical (unpaired) electrons. The zero-order chi connectivity index (χ0) is 13.4. The van der Waals surface area contributed by atoms with Gasteiger partial charge in [0, 0.05) is 0 Å². The van der Waals surface area contributed by atoms with E-state index in [1.165, 1.54) is 0 Å². The van der Waals surface area contributed by atoms with E-state index in [0.717, 1.165) is 50.3 Å². The molecule has 0 fully saturated rings. The van der Waals surface area contributed by atoms with Gasteiger partial charge in [-0.3, -0.25) is 0 Å². The predicted molar refractivity (Wildman–Crippen MR) is 79.4 cm³/mol. The summed E-state index contributed by atoms with van der Waals surface area (Å²) in [5, 5.41) is 0. The zero-order valence-corrected chi connectivity index (χ0v) is 13.5. The summed E-state index contributed by atoms with van der Waals surface area (Å²) >= 11 is -2.12. The molecule has 0 bridgehead atoms. The number of hydrogen-bond donors (Lipinski definition) is 1. The summed E-state index contributed by atoms with van der Waals surface area (Å²) in [6, 6.07) is 0. The van der Waals surface area contributed by atoms with Crippen LogP contribution in [0.1, 0.15) is 53.4 Å². The SMILES string of the molecule is CCCP(CCC)(CCC)(CCC)OS(=O)O. The van der Waals surface area contributed by atoms with Crippen LogP contribution in [-0.2, 0) is 15.3 Å². The Kier molecular flexibility index (Phi) is 8.06. The van der Waals surface area contributed by atoms with Gasteiger partial charge in [0.15, 0.2) is 0 Å². The van der Waals surface area contributed by atoms with Crippen LogP contribution < -0.4 is 0 Å². The van der Waals surface area contributed by atoms with E-state index in [9.17, 15) is 8.76 Å². The van der Waals surface area contributed by atoms with E-state index in [0.29, 0.717) is 0 Å². The quantitative estimate of drug-likeness (QED) is 0.482. The first-order valence-electron chi connectivity index (χ1n) is 6.79. The van der Waals surface area contributed by atoms with Gasteiger partial charge in [0.25, 0.3) is 0 Å². The maximum atomic E-state index is 11.2. The van der Waals surface area contributed by atoms with Crippen molar-refractivity contribution in [3.63, 3.8) is 0 Å². The molecule has 0 rings (SSSR count). The number of rotatable bonds is 10. The van der Waals surface area contributed by atoms with Gasteiger partial charge in [-0.1, -0.05) is 0 Å². The maximum absolute atomic E-state index is 11.2. The molecule has 0 aliphatic rings. The molecule has 0 amide bonds. The Morgan fingerprint density at radius 3 is 1.35 bits per heavy atom. The van der Waals surface area contributed by atoms with E-state index in [2.05, 4.69) is 27.7 Å². The topological polar surface area (TPSA) is 46.5 Å². The summed E-state index contributed by atoms with van der Waals surface area (Å²) in [5.41, 5.74) is 0. The second kappa shape index (κ2) is 7.83. The van der Waals surface area contributed by atoms with Crippen LogP contribution in [0.5, 0.6) is 0 Å². The normalized spacial score (nSPS) is 16.4. The average Bonchev–Trinajstić information content (AvgIpc) is 2.17. The molecule has 0 saturated heterocycles. The van der Waals surface area contributed by atoms with Crippen LogP contribution in [-0.4, -0.2) is 33.4 Å². The van der Waals surface area contributed by atoms with E-state index >= 15 is 0 Å². The second-order valence-electron chi connectivity index (χ2n) is 5.04. The van der Waals surface area contributed by atoms with Crippen molar-refractivity contribution >= 4 is 18.2 Å². The van der Waals surface area contributed by atoms with Gasteiger partial charge in [-0.05, 0) is 0 Å². The molecule has 1 unspecified atom stereocenters. The van der Waals surface area contributed by atoms with Gasteiger partial charge in [0.05, 0.1) is 0 Å². The molecule has 5 heteroatoms. The van der Waals surface area contributed by atoms with Crippen molar-refractivity contribution in [2.24, 2.45) is 0 Å². The van der Waals surface area contributed by atoms with Gasteiger partial charge < -0.3 is 0 Å². The molecule has 0 aromatic rings. The standard InChI is InChI=1S/C12H29O3PS/c1-5-9-16(10-6-2,11-7-3,12-8-4)15-17(13)14/h5-12H2,1-4H3,(H,13,14). The Balaban J connectivity index is 5.33. The first kappa shape index (κ1) is 17.5. The van der Waals surface area contributed by atoms with Crippen molar-refractivity contribution in [1.82, 2.24) is 0 Å². The Morgan fingerprint density at radius 2 is 1.18 bits per heavy atom. The molecule has 0 heterocycles. The molecule has 17 heavy (non-hydrogen) atoms. The minimum atomic E-state index is -2.44. The summed E-state index contributed by atoms with van der Waals surface area (Å²) in [6.07, 6.45) is 8.12. The van der Waals surface area contributed by atoms with E-state index in [1.54, 1.807) is 0 Å². The second-order valence-corrected chi connectivity index (χ2v) is 11.6. The third kappa shape index (κ3) is 4.94. The van der Waals surface area contributed by atoms with Gasteiger partial charge in [0.1, 0.15) is 0 Å². The molecule has 0 aromatic carbocycles.